The first-order valence-electron chi connectivity index (χ1n) is 7.01. The standard InChI is InChI=1S/C12H25N3O2S/c1-10(11-5-6-11)9-14-18(16,17)15-7-3-2-4-12(15)8-13/h10-12,14H,2-9,13H2,1H3. The highest BCUT2D eigenvalue weighted by molar-refractivity contribution is 7.87. The number of hydrogen-bond donors (Lipinski definition) is 2. The maximum Gasteiger partial charge on any atom is 0.279 e. The highest BCUT2D eigenvalue weighted by Crippen LogP contribution is 2.36. The average Bonchev–Trinajstić information content (AvgIpc) is 3.20. The molecule has 1 heterocycles. The van der Waals surface area contributed by atoms with E-state index in [1.54, 1.807) is 4.31 Å². The van der Waals surface area contributed by atoms with Gasteiger partial charge in [-0.15, -0.1) is 0 Å². The molecule has 18 heavy (non-hydrogen) atoms. The van der Waals surface area contributed by atoms with E-state index in [4.69, 9.17) is 5.73 Å². The summed E-state index contributed by atoms with van der Waals surface area (Å²) in [5, 5.41) is 0. The molecule has 0 radical (unpaired) electrons. The largest absolute Gasteiger partial charge is 0.329 e. The van der Waals surface area contributed by atoms with E-state index >= 15 is 0 Å². The third-order valence-corrected chi connectivity index (χ3v) is 5.80. The van der Waals surface area contributed by atoms with Gasteiger partial charge >= 0.3 is 0 Å². The van der Waals surface area contributed by atoms with E-state index in [1.165, 1.54) is 12.8 Å². The number of nitrogens with zero attached hydrogens (tertiary/aromatic N) is 1. The van der Waals surface area contributed by atoms with Crippen LogP contribution in [0.1, 0.15) is 39.0 Å². The zero-order chi connectivity index (χ0) is 13.2. The second kappa shape index (κ2) is 5.86. The Kier molecular flexibility index (Phi) is 4.64. The predicted molar refractivity (Wildman–Crippen MR) is 72.2 cm³/mol. The predicted octanol–water partition coefficient (Wildman–Crippen LogP) is 0.680. The normalized spacial score (nSPS) is 28.2. The summed E-state index contributed by atoms with van der Waals surface area (Å²) in [7, 11) is -3.34. The molecule has 1 saturated heterocycles. The fourth-order valence-electron chi connectivity index (χ4n) is 2.68. The van der Waals surface area contributed by atoms with Crippen molar-refractivity contribution in [1.29, 1.82) is 0 Å². The van der Waals surface area contributed by atoms with Crippen LogP contribution in [0.4, 0.5) is 0 Å². The molecule has 2 aliphatic rings. The minimum Gasteiger partial charge on any atom is -0.329 e. The van der Waals surface area contributed by atoms with Crippen molar-refractivity contribution in [3.05, 3.63) is 0 Å². The zero-order valence-corrected chi connectivity index (χ0v) is 12.0. The number of rotatable bonds is 6. The summed E-state index contributed by atoms with van der Waals surface area (Å²) < 4.78 is 28.8. The van der Waals surface area contributed by atoms with Crippen molar-refractivity contribution < 1.29 is 8.42 Å². The monoisotopic (exact) mass is 275 g/mol. The quantitative estimate of drug-likeness (QED) is 0.748. The van der Waals surface area contributed by atoms with Crippen molar-refractivity contribution in [2.24, 2.45) is 17.6 Å². The van der Waals surface area contributed by atoms with Crippen LogP contribution in [0.25, 0.3) is 0 Å². The summed E-state index contributed by atoms with van der Waals surface area (Å²) in [6.07, 6.45) is 5.40. The highest BCUT2D eigenvalue weighted by Gasteiger charge is 2.33. The van der Waals surface area contributed by atoms with E-state index < -0.39 is 10.2 Å². The Morgan fingerprint density at radius 2 is 2.06 bits per heavy atom. The van der Waals surface area contributed by atoms with Crippen LogP contribution < -0.4 is 10.5 Å². The molecule has 0 aromatic rings. The van der Waals surface area contributed by atoms with Crippen molar-refractivity contribution >= 4 is 10.2 Å². The van der Waals surface area contributed by atoms with Gasteiger partial charge in [-0.25, -0.2) is 4.72 Å². The van der Waals surface area contributed by atoms with Gasteiger partial charge in [-0.1, -0.05) is 13.3 Å². The summed E-state index contributed by atoms with van der Waals surface area (Å²) >= 11 is 0. The Hall–Kier alpha value is -0.170. The molecule has 106 valence electrons. The fourth-order valence-corrected chi connectivity index (χ4v) is 4.27. The SMILES string of the molecule is CC(CNS(=O)(=O)N1CCCCC1CN)C1CC1. The van der Waals surface area contributed by atoms with Crippen LogP contribution in [-0.2, 0) is 10.2 Å². The van der Waals surface area contributed by atoms with Gasteiger partial charge < -0.3 is 5.73 Å². The van der Waals surface area contributed by atoms with E-state index in [0.29, 0.717) is 25.6 Å². The van der Waals surface area contributed by atoms with E-state index in [1.807, 2.05) is 0 Å². The second-order valence-electron chi connectivity index (χ2n) is 5.66. The van der Waals surface area contributed by atoms with Crippen molar-refractivity contribution in [3.8, 4) is 0 Å². The van der Waals surface area contributed by atoms with E-state index in [9.17, 15) is 8.42 Å². The second-order valence-corrected chi connectivity index (χ2v) is 7.37. The lowest BCUT2D eigenvalue weighted by Crippen LogP contribution is -2.52. The molecule has 1 aliphatic heterocycles. The summed E-state index contributed by atoms with van der Waals surface area (Å²) in [6, 6.07) is -0.0209. The molecule has 5 nitrogen and oxygen atoms in total. The van der Waals surface area contributed by atoms with Gasteiger partial charge in [0.1, 0.15) is 0 Å². The molecule has 1 aliphatic carbocycles. The Bertz CT molecular complexity index is 368. The Labute approximate surface area is 110 Å². The molecule has 6 heteroatoms. The van der Waals surface area contributed by atoms with Crippen molar-refractivity contribution in [2.75, 3.05) is 19.6 Å². The molecule has 0 amide bonds. The maximum absolute atomic E-state index is 12.3. The smallest absolute Gasteiger partial charge is 0.279 e. The van der Waals surface area contributed by atoms with Gasteiger partial charge in [-0.05, 0) is 37.5 Å². The Morgan fingerprint density at radius 1 is 1.33 bits per heavy atom. The van der Waals surface area contributed by atoms with Crippen LogP contribution >= 0.6 is 0 Å². The summed E-state index contributed by atoms with van der Waals surface area (Å²) in [5.41, 5.74) is 5.67. The molecule has 2 fully saturated rings. The van der Waals surface area contributed by atoms with Crippen LogP contribution in [0.5, 0.6) is 0 Å². The van der Waals surface area contributed by atoms with Crippen molar-refractivity contribution in [3.63, 3.8) is 0 Å². The molecule has 2 unspecified atom stereocenters. The minimum atomic E-state index is -3.34. The summed E-state index contributed by atoms with van der Waals surface area (Å²) in [4.78, 5) is 0. The van der Waals surface area contributed by atoms with Crippen LogP contribution in [0, 0.1) is 11.8 Å². The molecule has 2 atom stereocenters. The molecular weight excluding hydrogens is 250 g/mol. The first kappa shape index (κ1) is 14.2. The van der Waals surface area contributed by atoms with Gasteiger partial charge in [0.05, 0.1) is 0 Å². The molecule has 3 N–H and O–H groups in total. The van der Waals surface area contributed by atoms with Gasteiger partial charge in [0, 0.05) is 25.7 Å². The lowest BCUT2D eigenvalue weighted by atomic mass is 10.1. The maximum atomic E-state index is 12.3. The number of hydrogen-bond acceptors (Lipinski definition) is 3. The molecule has 0 aromatic heterocycles. The number of nitrogens with two attached hydrogens (primary N) is 1. The number of piperidine rings is 1. The third-order valence-electron chi connectivity index (χ3n) is 4.17. The lowest BCUT2D eigenvalue weighted by Gasteiger charge is -2.34. The van der Waals surface area contributed by atoms with E-state index in [0.717, 1.165) is 25.2 Å². The summed E-state index contributed by atoms with van der Waals surface area (Å²) in [5.74, 6) is 1.17. The topological polar surface area (TPSA) is 75.4 Å². The fraction of sp³-hybridized carbons (Fsp3) is 1.00. The highest BCUT2D eigenvalue weighted by atomic mass is 32.2. The van der Waals surface area contributed by atoms with Crippen molar-refractivity contribution in [1.82, 2.24) is 9.03 Å². The van der Waals surface area contributed by atoms with Gasteiger partial charge in [0.2, 0.25) is 0 Å². The first-order valence-corrected chi connectivity index (χ1v) is 8.45. The van der Waals surface area contributed by atoms with Gasteiger partial charge in [0.15, 0.2) is 0 Å². The Balaban J connectivity index is 1.91. The first-order chi connectivity index (χ1) is 8.54. The molecule has 0 aromatic carbocycles. The van der Waals surface area contributed by atoms with Crippen LogP contribution in [-0.4, -0.2) is 38.4 Å². The molecule has 0 bridgehead atoms. The van der Waals surface area contributed by atoms with E-state index in [2.05, 4.69) is 11.6 Å². The molecule has 1 saturated carbocycles. The van der Waals surface area contributed by atoms with E-state index in [-0.39, 0.29) is 6.04 Å². The average molecular weight is 275 g/mol. The Morgan fingerprint density at radius 3 is 2.67 bits per heavy atom. The van der Waals surface area contributed by atoms with Gasteiger partial charge in [0.25, 0.3) is 10.2 Å². The summed E-state index contributed by atoms with van der Waals surface area (Å²) in [6.45, 7) is 3.70. The van der Waals surface area contributed by atoms with Gasteiger partial charge in [-0.2, -0.15) is 12.7 Å². The lowest BCUT2D eigenvalue weighted by molar-refractivity contribution is 0.253. The molecular formula is C12H25N3O2S. The third kappa shape index (κ3) is 3.44. The zero-order valence-electron chi connectivity index (χ0n) is 11.1. The van der Waals surface area contributed by atoms with Crippen molar-refractivity contribution in [2.45, 2.75) is 45.1 Å². The molecule has 2 rings (SSSR count). The van der Waals surface area contributed by atoms with Crippen LogP contribution in [0.15, 0.2) is 0 Å². The minimum absolute atomic E-state index is 0.0209. The van der Waals surface area contributed by atoms with Crippen LogP contribution in [0.2, 0.25) is 0 Å². The number of nitrogens with one attached hydrogen (secondary N) is 1. The van der Waals surface area contributed by atoms with Crippen LogP contribution in [0.3, 0.4) is 0 Å². The molecule has 0 spiro atoms. The van der Waals surface area contributed by atoms with Gasteiger partial charge in [-0.3, -0.25) is 0 Å².